The minimum absolute atomic E-state index is 0.354. The Labute approximate surface area is 517 Å². The maximum absolute atomic E-state index is 7.52. The van der Waals surface area contributed by atoms with Gasteiger partial charge in [-0.1, -0.05) is 223 Å². The Morgan fingerprint density at radius 1 is 0.318 bits per heavy atom. The van der Waals surface area contributed by atoms with Crippen molar-refractivity contribution in [2.24, 2.45) is 0 Å². The SMILES string of the molecule is Cc1cccc(C)c1N(c1cc(C2CCCC2)c2ccc3c(N(c4c(C)cccc4C)c4cccc5c4oc4c(-c6ccccc6C(C)C)cccc45)cc(C4CCCC4)c4ccc1c2c43)c1cccc2c1oc1c(-c3ccccc3C(C)C)cccc12. The van der Waals surface area contributed by atoms with E-state index < -0.39 is 0 Å². The molecule has 4 heteroatoms. The van der Waals surface area contributed by atoms with E-state index >= 15 is 0 Å². The Balaban J connectivity index is 1.01. The quantitative estimate of drug-likeness (QED) is 0.114. The number of anilines is 6. The first-order valence-corrected chi connectivity index (χ1v) is 32.6. The van der Waals surface area contributed by atoms with E-state index in [1.807, 2.05) is 0 Å². The highest BCUT2D eigenvalue weighted by Gasteiger charge is 2.33. The van der Waals surface area contributed by atoms with Crippen molar-refractivity contribution in [3.63, 3.8) is 0 Å². The standard InChI is InChI=1S/C84H76N2O2/c1-49(2)57-31-13-15-33-59(57)63-35-19-37-65-67-39-21-41-73(83(67)87-81(63)65)85(79-51(5)23-17-24-52(79)6)75-47-71(55-27-9-10-28-55)61-44-46-70-76(48-72(56-29-11-12-30-56)62-43-45-69(75)77(61)78(62)70)86(80-53(7)25-18-26-54(80)8)74-42-22-40-68-66-38-20-36-64(82(66)88-84(68)74)60-34-16-14-32-58(60)50(3)4/h13-26,31-50,55-56H,9-12,27-30H2,1-8H3. The van der Waals surface area contributed by atoms with Crippen molar-refractivity contribution in [1.29, 1.82) is 0 Å². The van der Waals surface area contributed by atoms with E-state index in [0.717, 1.165) is 66.4 Å². The van der Waals surface area contributed by atoms with Crippen LogP contribution < -0.4 is 9.80 Å². The smallest absolute Gasteiger partial charge is 0.159 e. The maximum atomic E-state index is 7.52. The lowest BCUT2D eigenvalue weighted by molar-refractivity contribution is 0.669. The van der Waals surface area contributed by atoms with E-state index in [-0.39, 0.29) is 0 Å². The van der Waals surface area contributed by atoms with Gasteiger partial charge in [-0.05, 0) is 178 Å². The Morgan fingerprint density at radius 3 is 1.03 bits per heavy atom. The summed E-state index contributed by atoms with van der Waals surface area (Å²) < 4.78 is 15.0. The van der Waals surface area contributed by atoms with Gasteiger partial charge in [0, 0.05) is 43.4 Å². The van der Waals surface area contributed by atoms with Crippen LogP contribution in [-0.2, 0) is 0 Å². The number of rotatable bonds is 12. The number of hydrogen-bond donors (Lipinski definition) is 0. The summed E-state index contributed by atoms with van der Waals surface area (Å²) in [5, 5.41) is 12.5. The predicted molar refractivity (Wildman–Crippen MR) is 374 cm³/mol. The first kappa shape index (κ1) is 54.3. The molecule has 0 unspecified atom stereocenters. The second kappa shape index (κ2) is 21.3. The largest absolute Gasteiger partial charge is 0.453 e. The number of hydrogen-bond acceptors (Lipinski definition) is 4. The molecule has 14 aromatic rings. The van der Waals surface area contributed by atoms with Gasteiger partial charge in [-0.3, -0.25) is 0 Å². The number of aryl methyl sites for hydroxylation is 4. The van der Waals surface area contributed by atoms with Crippen molar-refractivity contribution < 1.29 is 8.83 Å². The fourth-order valence-corrected chi connectivity index (χ4v) is 16.5. The zero-order chi connectivity index (χ0) is 59.6. The predicted octanol–water partition coefficient (Wildman–Crippen LogP) is 25.5. The van der Waals surface area contributed by atoms with Crippen LogP contribution in [-0.4, -0.2) is 0 Å². The number of para-hydroxylation sites is 6. The summed E-state index contributed by atoms with van der Waals surface area (Å²) >= 11 is 0. The summed E-state index contributed by atoms with van der Waals surface area (Å²) in [6.07, 6.45) is 9.67. The van der Waals surface area contributed by atoms with Gasteiger partial charge in [0.25, 0.3) is 0 Å². The minimum atomic E-state index is 0.354. The van der Waals surface area contributed by atoms with Crippen molar-refractivity contribution in [2.45, 2.75) is 130 Å². The van der Waals surface area contributed by atoms with Crippen LogP contribution in [0.5, 0.6) is 0 Å². The third-order valence-corrected chi connectivity index (χ3v) is 20.6. The topological polar surface area (TPSA) is 32.8 Å². The summed E-state index contributed by atoms with van der Waals surface area (Å²) in [4.78, 5) is 5.22. The molecule has 16 rings (SSSR count). The first-order chi connectivity index (χ1) is 43.0. The lowest BCUT2D eigenvalue weighted by atomic mass is 9.82. The Hall–Kier alpha value is -9.12. The lowest BCUT2D eigenvalue weighted by Crippen LogP contribution is -2.16. The molecule has 2 fully saturated rings. The van der Waals surface area contributed by atoms with E-state index in [1.54, 1.807) is 0 Å². The summed E-state index contributed by atoms with van der Waals surface area (Å²) in [7, 11) is 0. The van der Waals surface area contributed by atoms with Crippen molar-refractivity contribution in [3.8, 4) is 22.3 Å². The average molecular weight is 1150 g/mol. The molecule has 0 N–H and O–H groups in total. The maximum Gasteiger partial charge on any atom is 0.159 e. The van der Waals surface area contributed by atoms with Crippen LogP contribution in [0.1, 0.15) is 147 Å². The van der Waals surface area contributed by atoms with E-state index in [4.69, 9.17) is 8.83 Å². The monoisotopic (exact) mass is 1140 g/mol. The molecule has 2 heterocycles. The van der Waals surface area contributed by atoms with Gasteiger partial charge >= 0.3 is 0 Å². The van der Waals surface area contributed by atoms with Gasteiger partial charge in [-0.25, -0.2) is 0 Å². The Bertz CT molecular complexity index is 4720. The molecule has 434 valence electrons. The number of fused-ring (bicyclic) bond motifs is 6. The zero-order valence-electron chi connectivity index (χ0n) is 52.2. The number of benzene rings is 12. The molecule has 0 bridgehead atoms. The second-order valence-electron chi connectivity index (χ2n) is 26.5. The van der Waals surface area contributed by atoms with Gasteiger partial charge in [0.2, 0.25) is 0 Å². The van der Waals surface area contributed by atoms with E-state index in [0.29, 0.717) is 23.7 Å². The highest BCUT2D eigenvalue weighted by Crippen LogP contribution is 2.56. The molecule has 0 amide bonds. The molecule has 0 aliphatic heterocycles. The summed E-state index contributed by atoms with van der Waals surface area (Å²) in [5.41, 5.74) is 25.7. The lowest BCUT2D eigenvalue weighted by Gasteiger charge is -2.33. The van der Waals surface area contributed by atoms with E-state index in [1.165, 1.54) is 162 Å². The zero-order valence-corrected chi connectivity index (χ0v) is 52.2. The average Bonchev–Trinajstić information content (AvgIpc) is 0.877. The van der Waals surface area contributed by atoms with Crippen LogP contribution in [0.3, 0.4) is 0 Å². The molecule has 12 aromatic carbocycles. The molecule has 0 radical (unpaired) electrons. The van der Waals surface area contributed by atoms with Crippen molar-refractivity contribution in [3.05, 3.63) is 239 Å². The van der Waals surface area contributed by atoms with Crippen molar-refractivity contribution >= 4 is 110 Å². The van der Waals surface area contributed by atoms with Crippen molar-refractivity contribution in [2.75, 3.05) is 9.80 Å². The van der Waals surface area contributed by atoms with Crippen LogP contribution in [0.25, 0.3) is 98.4 Å². The molecular formula is C84H76N2O2. The Morgan fingerprint density at radius 2 is 0.648 bits per heavy atom. The number of furan rings is 2. The van der Waals surface area contributed by atoms with Crippen LogP contribution in [0.4, 0.5) is 34.1 Å². The van der Waals surface area contributed by atoms with Crippen LogP contribution in [0.2, 0.25) is 0 Å². The van der Waals surface area contributed by atoms with Gasteiger partial charge in [0.1, 0.15) is 11.2 Å². The van der Waals surface area contributed by atoms with Gasteiger partial charge in [-0.15, -0.1) is 0 Å². The summed E-state index contributed by atoms with van der Waals surface area (Å²) in [6, 6.07) is 73.7. The molecule has 2 aliphatic carbocycles. The van der Waals surface area contributed by atoms with Gasteiger partial charge in [-0.2, -0.15) is 0 Å². The molecule has 4 nitrogen and oxygen atoms in total. The van der Waals surface area contributed by atoms with Crippen molar-refractivity contribution in [1.82, 2.24) is 0 Å². The fraction of sp³-hybridized carbons (Fsp3) is 0.238. The molecule has 0 spiro atoms. The normalized spacial score (nSPS) is 14.3. The van der Waals surface area contributed by atoms with Crippen LogP contribution >= 0.6 is 0 Å². The van der Waals surface area contributed by atoms with Gasteiger partial charge in [0.15, 0.2) is 11.2 Å². The molecule has 2 aromatic heterocycles. The Kier molecular flexibility index (Phi) is 13.2. The number of nitrogens with zero attached hydrogens (tertiary/aromatic N) is 2. The molecular weight excluding hydrogens is 1070 g/mol. The second-order valence-corrected chi connectivity index (χ2v) is 26.5. The first-order valence-electron chi connectivity index (χ1n) is 32.6. The molecule has 0 atom stereocenters. The molecule has 2 aliphatic rings. The van der Waals surface area contributed by atoms with E-state index in [2.05, 4.69) is 259 Å². The highest BCUT2D eigenvalue weighted by atomic mass is 16.3. The van der Waals surface area contributed by atoms with Crippen LogP contribution in [0, 0.1) is 27.7 Å². The summed E-state index contributed by atoms with van der Waals surface area (Å²) in [5.74, 6) is 1.56. The van der Waals surface area contributed by atoms with Gasteiger partial charge < -0.3 is 18.6 Å². The minimum Gasteiger partial charge on any atom is -0.453 e. The molecule has 88 heavy (non-hydrogen) atoms. The van der Waals surface area contributed by atoms with E-state index in [9.17, 15) is 0 Å². The van der Waals surface area contributed by atoms with Crippen LogP contribution in [0.15, 0.2) is 203 Å². The summed E-state index contributed by atoms with van der Waals surface area (Å²) in [6.45, 7) is 18.3. The van der Waals surface area contributed by atoms with Gasteiger partial charge in [0.05, 0.1) is 34.1 Å². The highest BCUT2D eigenvalue weighted by molar-refractivity contribution is 6.30. The third-order valence-electron chi connectivity index (χ3n) is 20.6. The molecule has 0 saturated heterocycles. The third kappa shape index (κ3) is 8.45. The molecule has 2 saturated carbocycles. The fourth-order valence-electron chi connectivity index (χ4n) is 16.5.